The van der Waals surface area contributed by atoms with Gasteiger partial charge in [-0.3, -0.25) is 4.90 Å². The highest BCUT2D eigenvalue weighted by molar-refractivity contribution is 7.99. The maximum atomic E-state index is 12.3. The Balaban J connectivity index is 2.03. The summed E-state index contributed by atoms with van der Waals surface area (Å²) in [7, 11) is 0. The number of para-hydroxylation sites is 1. The number of urea groups is 1. The molecular formula is C15H16N2O3S. The number of carbonyl (C=O) groups excluding carboxylic acids is 1. The van der Waals surface area contributed by atoms with Crippen LogP contribution in [0.15, 0.2) is 24.3 Å². The number of benzene rings is 1. The van der Waals surface area contributed by atoms with E-state index in [1.807, 2.05) is 12.1 Å². The topological polar surface area (TPSA) is 69.6 Å². The van der Waals surface area contributed by atoms with Crippen molar-refractivity contribution in [1.82, 2.24) is 5.32 Å². The molecule has 1 aromatic carbocycles. The molecule has 2 amide bonds. The van der Waals surface area contributed by atoms with Gasteiger partial charge in [0.05, 0.1) is 5.75 Å². The van der Waals surface area contributed by atoms with Gasteiger partial charge in [-0.2, -0.15) is 0 Å². The molecule has 1 atom stereocenters. The standard InChI is InChI=1S/C15H16N2O3S/c1-2-8-21-9-7-16-15(20)17-12-6-4-3-5-11(12)10-13(17)14(18)19/h1,3-6,13H,7-10H2,(H,16,20)(H,18,19). The van der Waals surface area contributed by atoms with Crippen LogP contribution in [0.5, 0.6) is 0 Å². The second-order valence-corrected chi connectivity index (χ2v) is 5.65. The van der Waals surface area contributed by atoms with Crippen molar-refractivity contribution in [3.8, 4) is 12.3 Å². The number of carbonyl (C=O) groups is 2. The van der Waals surface area contributed by atoms with Crippen molar-refractivity contribution in [3.05, 3.63) is 29.8 Å². The average Bonchev–Trinajstić information content (AvgIpc) is 2.86. The number of amides is 2. The van der Waals surface area contributed by atoms with E-state index >= 15 is 0 Å². The van der Waals surface area contributed by atoms with E-state index in [4.69, 9.17) is 6.42 Å². The number of hydrogen-bond acceptors (Lipinski definition) is 3. The summed E-state index contributed by atoms with van der Waals surface area (Å²) in [4.78, 5) is 24.9. The van der Waals surface area contributed by atoms with Gasteiger partial charge in [0.25, 0.3) is 0 Å². The molecule has 5 nitrogen and oxygen atoms in total. The molecule has 0 saturated carbocycles. The number of carboxylic acids is 1. The first-order chi connectivity index (χ1) is 10.1. The van der Waals surface area contributed by atoms with Crippen molar-refractivity contribution < 1.29 is 14.7 Å². The minimum absolute atomic E-state index is 0.338. The molecule has 0 aromatic heterocycles. The van der Waals surface area contributed by atoms with E-state index in [0.29, 0.717) is 30.2 Å². The molecule has 0 aliphatic carbocycles. The number of hydrogen-bond donors (Lipinski definition) is 2. The molecule has 0 spiro atoms. The third-order valence-corrected chi connectivity index (χ3v) is 4.05. The Bertz CT molecular complexity index is 583. The number of rotatable bonds is 5. The molecule has 1 aromatic rings. The third kappa shape index (κ3) is 3.50. The Morgan fingerprint density at radius 2 is 2.24 bits per heavy atom. The second kappa shape index (κ2) is 7.04. The smallest absolute Gasteiger partial charge is 0.327 e. The van der Waals surface area contributed by atoms with E-state index in [1.54, 1.807) is 23.9 Å². The molecule has 1 unspecified atom stereocenters. The molecule has 0 bridgehead atoms. The zero-order valence-corrected chi connectivity index (χ0v) is 12.2. The van der Waals surface area contributed by atoms with E-state index < -0.39 is 12.0 Å². The number of nitrogens with one attached hydrogen (secondary N) is 1. The van der Waals surface area contributed by atoms with Crippen LogP contribution >= 0.6 is 11.8 Å². The van der Waals surface area contributed by atoms with Crippen LogP contribution in [0.1, 0.15) is 5.56 Å². The number of terminal acetylenes is 1. The van der Waals surface area contributed by atoms with Crippen molar-refractivity contribution in [2.24, 2.45) is 0 Å². The highest BCUT2D eigenvalue weighted by atomic mass is 32.2. The first-order valence-electron chi connectivity index (χ1n) is 6.54. The molecule has 0 fully saturated rings. The van der Waals surface area contributed by atoms with E-state index in [0.717, 1.165) is 5.56 Å². The summed E-state index contributed by atoms with van der Waals surface area (Å²) < 4.78 is 0. The van der Waals surface area contributed by atoms with Gasteiger partial charge in [-0.1, -0.05) is 24.1 Å². The molecule has 2 rings (SSSR count). The van der Waals surface area contributed by atoms with Crippen molar-refractivity contribution in [2.75, 3.05) is 23.0 Å². The summed E-state index contributed by atoms with van der Waals surface area (Å²) in [6.07, 6.45) is 5.48. The molecule has 110 valence electrons. The molecule has 2 N–H and O–H groups in total. The highest BCUT2D eigenvalue weighted by Gasteiger charge is 2.38. The fraction of sp³-hybridized carbons (Fsp3) is 0.333. The normalized spacial score (nSPS) is 16.1. The fourth-order valence-corrected chi connectivity index (χ4v) is 2.79. The molecule has 0 saturated heterocycles. The van der Waals surface area contributed by atoms with Crippen LogP contribution in [0.3, 0.4) is 0 Å². The predicted octanol–water partition coefficient (Wildman–Crippen LogP) is 1.58. The average molecular weight is 304 g/mol. The summed E-state index contributed by atoms with van der Waals surface area (Å²) in [5, 5.41) is 12.0. The number of carboxylic acid groups (broad SMARTS) is 1. The summed E-state index contributed by atoms with van der Waals surface area (Å²) >= 11 is 1.54. The molecule has 1 aliphatic heterocycles. The van der Waals surface area contributed by atoms with Crippen molar-refractivity contribution >= 4 is 29.4 Å². The lowest BCUT2D eigenvalue weighted by Gasteiger charge is -2.22. The highest BCUT2D eigenvalue weighted by Crippen LogP contribution is 2.32. The lowest BCUT2D eigenvalue weighted by molar-refractivity contribution is -0.138. The lowest BCUT2D eigenvalue weighted by atomic mass is 10.1. The van der Waals surface area contributed by atoms with E-state index in [2.05, 4.69) is 11.2 Å². The predicted molar refractivity (Wildman–Crippen MR) is 83.6 cm³/mol. The first-order valence-corrected chi connectivity index (χ1v) is 7.69. The number of anilines is 1. The largest absolute Gasteiger partial charge is 0.480 e. The Labute approximate surface area is 127 Å². The minimum Gasteiger partial charge on any atom is -0.480 e. The van der Waals surface area contributed by atoms with Crippen molar-refractivity contribution in [1.29, 1.82) is 0 Å². The van der Waals surface area contributed by atoms with Gasteiger partial charge in [-0.25, -0.2) is 9.59 Å². The summed E-state index contributed by atoms with van der Waals surface area (Å²) in [5.74, 6) is 2.81. The SMILES string of the molecule is C#CCSCCNC(=O)N1c2ccccc2CC1C(=O)O. The number of nitrogens with zero attached hydrogens (tertiary/aromatic N) is 1. The summed E-state index contributed by atoms with van der Waals surface area (Å²) in [6.45, 7) is 0.455. The molecule has 1 aliphatic rings. The Morgan fingerprint density at radius 3 is 2.95 bits per heavy atom. The van der Waals surface area contributed by atoms with Crippen molar-refractivity contribution in [3.63, 3.8) is 0 Å². The van der Waals surface area contributed by atoms with E-state index in [-0.39, 0.29) is 6.03 Å². The molecule has 1 heterocycles. The van der Waals surface area contributed by atoms with Crippen LogP contribution in [0.4, 0.5) is 10.5 Å². The van der Waals surface area contributed by atoms with Gasteiger partial charge in [0, 0.05) is 24.4 Å². The number of aliphatic carboxylic acids is 1. The molecule has 6 heteroatoms. The van der Waals surface area contributed by atoms with Gasteiger partial charge < -0.3 is 10.4 Å². The Morgan fingerprint density at radius 1 is 1.48 bits per heavy atom. The van der Waals surface area contributed by atoms with Crippen LogP contribution in [0.2, 0.25) is 0 Å². The second-order valence-electron chi connectivity index (χ2n) is 4.55. The Kier molecular flexibility index (Phi) is 5.12. The van der Waals surface area contributed by atoms with E-state index in [1.165, 1.54) is 4.90 Å². The fourth-order valence-electron chi connectivity index (χ4n) is 2.28. The lowest BCUT2D eigenvalue weighted by Crippen LogP contribution is -2.48. The van der Waals surface area contributed by atoms with Gasteiger partial charge in [0.15, 0.2) is 0 Å². The monoisotopic (exact) mass is 304 g/mol. The van der Waals surface area contributed by atoms with Gasteiger partial charge in [-0.15, -0.1) is 18.2 Å². The maximum Gasteiger partial charge on any atom is 0.327 e. The zero-order chi connectivity index (χ0) is 15.2. The number of thioether (sulfide) groups is 1. The quantitative estimate of drug-likeness (QED) is 0.640. The minimum atomic E-state index is -0.997. The van der Waals surface area contributed by atoms with Crippen LogP contribution in [0, 0.1) is 12.3 Å². The van der Waals surface area contributed by atoms with E-state index in [9.17, 15) is 14.7 Å². The van der Waals surface area contributed by atoms with Gasteiger partial charge in [-0.05, 0) is 11.6 Å². The van der Waals surface area contributed by atoms with Crippen LogP contribution in [0.25, 0.3) is 0 Å². The van der Waals surface area contributed by atoms with Crippen LogP contribution in [-0.2, 0) is 11.2 Å². The van der Waals surface area contributed by atoms with Gasteiger partial charge in [0.2, 0.25) is 0 Å². The first kappa shape index (κ1) is 15.3. The van der Waals surface area contributed by atoms with Gasteiger partial charge >= 0.3 is 12.0 Å². The van der Waals surface area contributed by atoms with Crippen molar-refractivity contribution in [2.45, 2.75) is 12.5 Å². The molecule has 0 radical (unpaired) electrons. The molecule has 21 heavy (non-hydrogen) atoms. The summed E-state index contributed by atoms with van der Waals surface area (Å²) in [5.41, 5.74) is 1.54. The number of fused-ring (bicyclic) bond motifs is 1. The third-order valence-electron chi connectivity index (χ3n) is 3.19. The summed E-state index contributed by atoms with van der Waals surface area (Å²) in [6, 6.07) is 6.03. The zero-order valence-electron chi connectivity index (χ0n) is 11.4. The maximum absolute atomic E-state index is 12.3. The van der Waals surface area contributed by atoms with Crippen LogP contribution < -0.4 is 10.2 Å². The molecular weight excluding hydrogens is 288 g/mol. The van der Waals surface area contributed by atoms with Crippen LogP contribution in [-0.4, -0.2) is 41.2 Å². The Hall–Kier alpha value is -2.13. The van der Waals surface area contributed by atoms with Gasteiger partial charge in [0.1, 0.15) is 6.04 Å².